The largest absolute Gasteiger partial charge is 0.417 e. The standard InChI is InChI=1S/C15H22N2O3/c1-3-16-14-8-6-11-5-7-12(9-13(11)14)20-15(19)17(4-2)10-18/h5,7,9,14,16,18H,3-4,6,8,10H2,1-2H3. The van der Waals surface area contributed by atoms with Crippen molar-refractivity contribution in [3.05, 3.63) is 29.3 Å². The Morgan fingerprint density at radius 1 is 1.50 bits per heavy atom. The smallest absolute Gasteiger partial charge is 0.410 e. The predicted octanol–water partition coefficient (Wildman–Crippen LogP) is 2.05. The monoisotopic (exact) mass is 278 g/mol. The van der Waals surface area contributed by atoms with E-state index in [1.165, 1.54) is 16.0 Å². The molecule has 2 rings (SSSR count). The minimum atomic E-state index is -0.520. The first kappa shape index (κ1) is 14.8. The molecule has 0 heterocycles. The van der Waals surface area contributed by atoms with Crippen molar-refractivity contribution in [2.75, 3.05) is 19.8 Å². The summed E-state index contributed by atoms with van der Waals surface area (Å²) in [7, 11) is 0. The molecule has 0 aromatic heterocycles. The zero-order valence-electron chi connectivity index (χ0n) is 12.1. The first-order valence-electron chi connectivity index (χ1n) is 7.13. The van der Waals surface area contributed by atoms with Gasteiger partial charge < -0.3 is 15.2 Å². The van der Waals surface area contributed by atoms with Gasteiger partial charge in [-0.1, -0.05) is 13.0 Å². The minimum absolute atomic E-state index is 0.333. The van der Waals surface area contributed by atoms with Crippen molar-refractivity contribution in [1.82, 2.24) is 10.2 Å². The summed E-state index contributed by atoms with van der Waals surface area (Å²) in [6.45, 7) is 4.88. The number of hydrogen-bond acceptors (Lipinski definition) is 4. The number of nitrogens with one attached hydrogen (secondary N) is 1. The fourth-order valence-corrected chi connectivity index (χ4v) is 2.55. The fraction of sp³-hybridized carbons (Fsp3) is 0.533. The number of fused-ring (bicyclic) bond motifs is 1. The molecule has 0 saturated carbocycles. The number of hydrogen-bond donors (Lipinski definition) is 2. The van der Waals surface area contributed by atoms with Crippen LogP contribution in [0, 0.1) is 0 Å². The fourth-order valence-electron chi connectivity index (χ4n) is 2.55. The topological polar surface area (TPSA) is 61.8 Å². The highest BCUT2D eigenvalue weighted by Crippen LogP contribution is 2.33. The van der Waals surface area contributed by atoms with Gasteiger partial charge in [-0.25, -0.2) is 4.79 Å². The molecule has 0 saturated heterocycles. The Morgan fingerprint density at radius 3 is 2.95 bits per heavy atom. The van der Waals surface area contributed by atoms with Gasteiger partial charge >= 0.3 is 6.09 Å². The number of rotatable bonds is 5. The summed E-state index contributed by atoms with van der Waals surface area (Å²) in [6, 6.07) is 6.10. The van der Waals surface area contributed by atoms with Crippen LogP contribution in [0.4, 0.5) is 4.79 Å². The Bertz CT molecular complexity index is 470. The number of carbonyl (C=O) groups excluding carboxylic acids is 1. The molecule has 110 valence electrons. The molecule has 2 N–H and O–H groups in total. The lowest BCUT2D eigenvalue weighted by atomic mass is 10.1. The molecule has 1 aliphatic rings. The second kappa shape index (κ2) is 6.72. The van der Waals surface area contributed by atoms with Gasteiger partial charge in [0.2, 0.25) is 0 Å². The molecule has 0 bridgehead atoms. The molecule has 20 heavy (non-hydrogen) atoms. The van der Waals surface area contributed by atoms with Crippen LogP contribution in [0.5, 0.6) is 5.75 Å². The molecular weight excluding hydrogens is 256 g/mol. The summed E-state index contributed by atoms with van der Waals surface area (Å²) < 4.78 is 5.31. The van der Waals surface area contributed by atoms with E-state index < -0.39 is 6.09 Å². The van der Waals surface area contributed by atoms with Crippen molar-refractivity contribution in [1.29, 1.82) is 0 Å². The van der Waals surface area contributed by atoms with E-state index in [0.29, 0.717) is 18.3 Å². The zero-order valence-corrected chi connectivity index (χ0v) is 12.1. The van der Waals surface area contributed by atoms with Gasteiger partial charge in [-0.15, -0.1) is 0 Å². The zero-order chi connectivity index (χ0) is 14.5. The molecule has 0 radical (unpaired) electrons. The number of amides is 1. The average molecular weight is 278 g/mol. The minimum Gasteiger partial charge on any atom is -0.410 e. The molecule has 5 nitrogen and oxygen atoms in total. The van der Waals surface area contributed by atoms with Crippen LogP contribution < -0.4 is 10.1 Å². The van der Waals surface area contributed by atoms with Crippen LogP contribution in [-0.4, -0.2) is 35.9 Å². The van der Waals surface area contributed by atoms with Gasteiger partial charge in [0.1, 0.15) is 12.5 Å². The summed E-state index contributed by atoms with van der Waals surface area (Å²) >= 11 is 0. The highest BCUT2D eigenvalue weighted by Gasteiger charge is 2.23. The van der Waals surface area contributed by atoms with Crippen molar-refractivity contribution >= 4 is 6.09 Å². The number of nitrogens with zero attached hydrogens (tertiary/aromatic N) is 1. The average Bonchev–Trinajstić information content (AvgIpc) is 2.83. The van der Waals surface area contributed by atoms with Gasteiger partial charge in [0.25, 0.3) is 0 Å². The third kappa shape index (κ3) is 3.11. The van der Waals surface area contributed by atoms with Crippen LogP contribution in [0.15, 0.2) is 18.2 Å². The molecule has 1 amide bonds. The van der Waals surface area contributed by atoms with Crippen molar-refractivity contribution in [2.45, 2.75) is 32.7 Å². The van der Waals surface area contributed by atoms with Crippen LogP contribution in [0.1, 0.15) is 37.4 Å². The molecule has 5 heteroatoms. The summed E-state index contributed by atoms with van der Waals surface area (Å²) in [5.41, 5.74) is 2.52. The molecular formula is C15H22N2O3. The second-order valence-electron chi connectivity index (χ2n) is 4.88. The number of aliphatic hydroxyl groups excluding tert-OH is 1. The van der Waals surface area contributed by atoms with Gasteiger partial charge in [-0.2, -0.15) is 0 Å². The SMILES string of the molecule is CCNC1CCc2ccc(OC(=O)N(CC)CO)cc21. The quantitative estimate of drug-likeness (QED) is 0.809. The van der Waals surface area contributed by atoms with Crippen LogP contribution in [0.25, 0.3) is 0 Å². The van der Waals surface area contributed by atoms with Crippen molar-refractivity contribution in [3.63, 3.8) is 0 Å². The van der Waals surface area contributed by atoms with Gasteiger partial charge in [0.15, 0.2) is 0 Å². The van der Waals surface area contributed by atoms with E-state index in [-0.39, 0.29) is 6.73 Å². The number of benzene rings is 1. The van der Waals surface area contributed by atoms with E-state index in [1.807, 2.05) is 18.2 Å². The van der Waals surface area contributed by atoms with Crippen LogP contribution in [0.3, 0.4) is 0 Å². The third-order valence-electron chi connectivity index (χ3n) is 3.66. The van der Waals surface area contributed by atoms with Crippen LogP contribution >= 0.6 is 0 Å². The summed E-state index contributed by atoms with van der Waals surface area (Å²) in [5, 5.41) is 12.5. The third-order valence-corrected chi connectivity index (χ3v) is 3.66. The molecule has 1 aromatic rings. The molecule has 1 aromatic carbocycles. The molecule has 1 aliphatic carbocycles. The molecule has 0 aliphatic heterocycles. The lowest BCUT2D eigenvalue weighted by molar-refractivity contribution is 0.0973. The molecule has 0 spiro atoms. The highest BCUT2D eigenvalue weighted by molar-refractivity contribution is 5.70. The summed E-state index contributed by atoms with van der Waals surface area (Å²) in [4.78, 5) is 13.0. The van der Waals surface area contributed by atoms with Crippen LogP contribution in [-0.2, 0) is 6.42 Å². The van der Waals surface area contributed by atoms with E-state index in [2.05, 4.69) is 12.2 Å². The Labute approximate surface area is 119 Å². The van der Waals surface area contributed by atoms with E-state index in [9.17, 15) is 4.79 Å². The maximum Gasteiger partial charge on any atom is 0.417 e. The maximum absolute atomic E-state index is 11.8. The van der Waals surface area contributed by atoms with E-state index in [1.54, 1.807) is 6.92 Å². The number of ether oxygens (including phenoxy) is 1. The van der Waals surface area contributed by atoms with Crippen molar-refractivity contribution < 1.29 is 14.6 Å². The number of aryl methyl sites for hydroxylation is 1. The number of carbonyl (C=O) groups is 1. The predicted molar refractivity (Wildman–Crippen MR) is 76.7 cm³/mol. The Morgan fingerprint density at radius 2 is 2.30 bits per heavy atom. The van der Waals surface area contributed by atoms with Gasteiger partial charge in [-0.3, -0.25) is 4.90 Å². The van der Waals surface area contributed by atoms with Crippen molar-refractivity contribution in [2.24, 2.45) is 0 Å². The van der Waals surface area contributed by atoms with Crippen molar-refractivity contribution in [3.8, 4) is 5.75 Å². The van der Waals surface area contributed by atoms with Gasteiger partial charge in [0, 0.05) is 12.6 Å². The van der Waals surface area contributed by atoms with E-state index in [4.69, 9.17) is 9.84 Å². The Hall–Kier alpha value is -1.59. The molecule has 1 atom stereocenters. The first-order chi connectivity index (χ1) is 9.69. The highest BCUT2D eigenvalue weighted by atomic mass is 16.6. The normalized spacial score (nSPS) is 16.9. The Kier molecular flexibility index (Phi) is 4.98. The van der Waals surface area contributed by atoms with E-state index in [0.717, 1.165) is 19.4 Å². The first-order valence-corrected chi connectivity index (χ1v) is 7.13. The van der Waals surface area contributed by atoms with Gasteiger partial charge in [-0.05, 0) is 49.6 Å². The lowest BCUT2D eigenvalue weighted by Gasteiger charge is -2.18. The molecule has 0 fully saturated rings. The number of aliphatic hydroxyl groups is 1. The maximum atomic E-state index is 11.8. The van der Waals surface area contributed by atoms with E-state index >= 15 is 0 Å². The van der Waals surface area contributed by atoms with Gasteiger partial charge in [0.05, 0.1) is 0 Å². The Balaban J connectivity index is 2.11. The molecule has 1 unspecified atom stereocenters. The second-order valence-corrected chi connectivity index (χ2v) is 4.88. The lowest BCUT2D eigenvalue weighted by Crippen LogP contribution is -2.34. The summed E-state index contributed by atoms with van der Waals surface area (Å²) in [6.07, 6.45) is 1.62. The summed E-state index contributed by atoms with van der Waals surface area (Å²) in [5.74, 6) is 0.533. The van der Waals surface area contributed by atoms with Crippen LogP contribution in [0.2, 0.25) is 0 Å².